The molecule has 0 amide bonds. The van der Waals surface area contributed by atoms with Crippen LogP contribution >= 0.6 is 0 Å². The zero-order valence-electron chi connectivity index (χ0n) is 12.6. The average molecular weight is 304 g/mol. The first-order valence-corrected chi connectivity index (χ1v) is 9.88. The number of allylic oxidation sites excluding steroid dienone is 6. The van der Waals surface area contributed by atoms with E-state index in [0.29, 0.717) is 0 Å². The van der Waals surface area contributed by atoms with E-state index in [1.54, 1.807) is 5.70 Å². The summed E-state index contributed by atoms with van der Waals surface area (Å²) in [5.74, 6) is 3.04. The van der Waals surface area contributed by atoms with Gasteiger partial charge in [0, 0.05) is 25.0 Å². The maximum atomic E-state index is 6.23. The van der Waals surface area contributed by atoms with Crippen LogP contribution in [0.3, 0.4) is 0 Å². The molecule has 3 nitrogen and oxygen atoms in total. The molecule has 21 heavy (non-hydrogen) atoms. The number of rotatable bonds is 7. The molecule has 0 radical (unpaired) electrons. The normalized spacial score (nSPS) is 21.6. The van der Waals surface area contributed by atoms with Crippen molar-refractivity contribution in [2.24, 2.45) is 0 Å². The fourth-order valence-electron chi connectivity index (χ4n) is 2.94. The molecule has 0 unspecified atom stereocenters. The van der Waals surface area contributed by atoms with Crippen molar-refractivity contribution in [1.29, 1.82) is 0 Å². The molecule has 0 heterocycles. The first-order valence-electron chi connectivity index (χ1n) is 8.07. The fourth-order valence-corrected chi connectivity index (χ4v) is 4.97. The van der Waals surface area contributed by atoms with Gasteiger partial charge in [-0.25, -0.2) is 0 Å². The maximum absolute atomic E-state index is 6.23. The Balaban J connectivity index is 1.77. The lowest BCUT2D eigenvalue weighted by Crippen LogP contribution is -2.43. The van der Waals surface area contributed by atoms with E-state index in [1.165, 1.54) is 0 Å². The molecule has 3 aliphatic rings. The molecule has 0 saturated carbocycles. The Morgan fingerprint density at radius 2 is 1.14 bits per heavy atom. The minimum atomic E-state index is -2.91. The van der Waals surface area contributed by atoms with Crippen LogP contribution in [-0.2, 0) is 13.3 Å². The van der Waals surface area contributed by atoms with Gasteiger partial charge in [0.15, 0.2) is 0 Å². The Morgan fingerprint density at radius 1 is 0.762 bits per heavy atom. The molecule has 0 aliphatic heterocycles. The SMILES string of the molecule is C=C[Si](OC1=CCCC1)(OC1=CCCC1)OC1=CCCC1. The highest BCUT2D eigenvalue weighted by molar-refractivity contribution is 6.67. The van der Waals surface area contributed by atoms with Gasteiger partial charge in [0.1, 0.15) is 0 Å². The first-order chi connectivity index (χ1) is 10.3. The molecule has 0 spiro atoms. The van der Waals surface area contributed by atoms with Gasteiger partial charge in [-0.05, 0) is 56.8 Å². The maximum Gasteiger partial charge on any atom is 0.728 e. The van der Waals surface area contributed by atoms with Crippen molar-refractivity contribution in [2.45, 2.75) is 57.8 Å². The first kappa shape index (κ1) is 14.5. The van der Waals surface area contributed by atoms with E-state index in [1.807, 2.05) is 0 Å². The quantitative estimate of drug-likeness (QED) is 0.626. The summed E-state index contributed by atoms with van der Waals surface area (Å²) in [6, 6.07) is 0. The predicted octanol–water partition coefficient (Wildman–Crippen LogP) is 4.90. The van der Waals surface area contributed by atoms with E-state index < -0.39 is 8.80 Å². The minimum absolute atomic E-state index is 0.980. The van der Waals surface area contributed by atoms with Crippen molar-refractivity contribution >= 4 is 8.80 Å². The molecule has 0 aromatic heterocycles. The fraction of sp³-hybridized carbons (Fsp3) is 0.529. The second-order valence-corrected chi connectivity index (χ2v) is 8.03. The molecule has 3 aliphatic carbocycles. The van der Waals surface area contributed by atoms with Gasteiger partial charge >= 0.3 is 8.80 Å². The Morgan fingerprint density at radius 3 is 1.38 bits per heavy atom. The van der Waals surface area contributed by atoms with Gasteiger partial charge in [-0.1, -0.05) is 6.58 Å². The van der Waals surface area contributed by atoms with Crippen molar-refractivity contribution in [3.8, 4) is 0 Å². The minimum Gasteiger partial charge on any atom is -0.485 e. The van der Waals surface area contributed by atoms with Crippen LogP contribution in [0.4, 0.5) is 0 Å². The van der Waals surface area contributed by atoms with Gasteiger partial charge < -0.3 is 13.3 Å². The molecule has 114 valence electrons. The number of hydrogen-bond acceptors (Lipinski definition) is 3. The van der Waals surface area contributed by atoms with Crippen LogP contribution in [0.1, 0.15) is 57.8 Å². The molecular formula is C17H24O3Si. The third-order valence-electron chi connectivity index (χ3n) is 4.07. The number of hydrogen-bond donors (Lipinski definition) is 0. The molecule has 0 fully saturated rings. The van der Waals surface area contributed by atoms with Gasteiger partial charge in [0.25, 0.3) is 0 Å². The van der Waals surface area contributed by atoms with Crippen molar-refractivity contribution in [1.82, 2.24) is 0 Å². The summed E-state index contributed by atoms with van der Waals surface area (Å²) in [4.78, 5) is 0. The average Bonchev–Trinajstić information content (AvgIpc) is 3.21. The van der Waals surface area contributed by atoms with Crippen molar-refractivity contribution in [3.05, 3.63) is 47.8 Å². The summed E-state index contributed by atoms with van der Waals surface area (Å²) >= 11 is 0. The molecule has 0 saturated heterocycles. The van der Waals surface area contributed by atoms with E-state index in [2.05, 4.69) is 24.8 Å². The van der Waals surface area contributed by atoms with E-state index >= 15 is 0 Å². The highest BCUT2D eigenvalue weighted by atomic mass is 28.4. The summed E-state index contributed by atoms with van der Waals surface area (Å²) in [5.41, 5.74) is 1.78. The van der Waals surface area contributed by atoms with Crippen LogP contribution in [0.15, 0.2) is 47.8 Å². The zero-order valence-corrected chi connectivity index (χ0v) is 13.6. The van der Waals surface area contributed by atoms with E-state index in [4.69, 9.17) is 13.3 Å². The zero-order chi connectivity index (χ0) is 14.5. The highest BCUT2D eigenvalue weighted by Gasteiger charge is 2.48. The molecule has 0 aromatic rings. The third kappa shape index (κ3) is 3.62. The second kappa shape index (κ2) is 6.56. The summed E-state index contributed by atoms with van der Waals surface area (Å²) in [6.07, 6.45) is 16.1. The molecule has 0 atom stereocenters. The lowest BCUT2D eigenvalue weighted by Gasteiger charge is -2.29. The van der Waals surface area contributed by atoms with Crippen LogP contribution in [0.25, 0.3) is 0 Å². The summed E-state index contributed by atoms with van der Waals surface area (Å²) < 4.78 is 18.7. The second-order valence-electron chi connectivity index (χ2n) is 5.80. The Kier molecular flexibility index (Phi) is 4.53. The molecule has 0 N–H and O–H groups in total. The molecular weight excluding hydrogens is 280 g/mol. The lowest BCUT2D eigenvalue weighted by atomic mass is 10.4. The Labute approximate surface area is 128 Å². The predicted molar refractivity (Wildman–Crippen MR) is 85.0 cm³/mol. The van der Waals surface area contributed by atoms with Crippen LogP contribution in [-0.4, -0.2) is 8.80 Å². The van der Waals surface area contributed by atoms with Crippen molar-refractivity contribution in [2.75, 3.05) is 0 Å². The van der Waals surface area contributed by atoms with Crippen LogP contribution < -0.4 is 0 Å². The Hall–Kier alpha value is -1.42. The van der Waals surface area contributed by atoms with E-state index in [0.717, 1.165) is 75.1 Å². The van der Waals surface area contributed by atoms with Gasteiger partial charge in [-0.15, -0.1) is 0 Å². The third-order valence-corrected chi connectivity index (χ3v) is 6.21. The monoisotopic (exact) mass is 304 g/mol. The largest absolute Gasteiger partial charge is 0.728 e. The molecule has 3 rings (SSSR count). The Bertz CT molecular complexity index is 426. The lowest BCUT2D eigenvalue weighted by molar-refractivity contribution is 0.150. The van der Waals surface area contributed by atoms with Gasteiger partial charge in [-0.2, -0.15) is 0 Å². The molecule has 0 aromatic carbocycles. The highest BCUT2D eigenvalue weighted by Crippen LogP contribution is 2.32. The summed E-state index contributed by atoms with van der Waals surface area (Å²) in [7, 11) is -2.91. The van der Waals surface area contributed by atoms with Crippen LogP contribution in [0, 0.1) is 0 Å². The van der Waals surface area contributed by atoms with Gasteiger partial charge in [-0.3, -0.25) is 0 Å². The molecule has 0 bridgehead atoms. The van der Waals surface area contributed by atoms with Crippen molar-refractivity contribution in [3.63, 3.8) is 0 Å². The van der Waals surface area contributed by atoms with Crippen molar-refractivity contribution < 1.29 is 13.3 Å². The summed E-state index contributed by atoms with van der Waals surface area (Å²) in [6.45, 7) is 3.96. The van der Waals surface area contributed by atoms with E-state index in [-0.39, 0.29) is 0 Å². The van der Waals surface area contributed by atoms with E-state index in [9.17, 15) is 0 Å². The standard InChI is InChI=1S/C17H24O3Si/c1-2-21(18-15-9-3-4-10-15,19-16-11-5-6-12-16)20-17-13-7-8-14-17/h2,9,11,13H,1,3-8,10,12,14H2. The van der Waals surface area contributed by atoms with Crippen LogP contribution in [0.2, 0.25) is 0 Å². The molecule has 4 heteroatoms. The van der Waals surface area contributed by atoms with Gasteiger partial charge in [0.05, 0.1) is 17.3 Å². The topological polar surface area (TPSA) is 27.7 Å². The smallest absolute Gasteiger partial charge is 0.485 e. The summed E-state index contributed by atoms with van der Waals surface area (Å²) in [5, 5.41) is 0. The van der Waals surface area contributed by atoms with Gasteiger partial charge in [0.2, 0.25) is 0 Å². The van der Waals surface area contributed by atoms with Crippen LogP contribution in [0.5, 0.6) is 0 Å².